The first kappa shape index (κ1) is 18.6. The van der Waals surface area contributed by atoms with Gasteiger partial charge < -0.3 is 10.1 Å². The van der Waals surface area contributed by atoms with Gasteiger partial charge in [0.25, 0.3) is 0 Å². The number of hydrogen-bond acceptors (Lipinski definition) is 3. The van der Waals surface area contributed by atoms with Gasteiger partial charge in [-0.15, -0.1) is 0 Å². The Bertz CT molecular complexity index is 919. The highest BCUT2D eigenvalue weighted by atomic mass is 19.1. The van der Waals surface area contributed by atoms with Crippen molar-refractivity contribution in [2.24, 2.45) is 5.92 Å². The molecule has 6 heteroatoms. The highest BCUT2D eigenvalue weighted by Crippen LogP contribution is 2.46. The Balaban J connectivity index is 1.28. The van der Waals surface area contributed by atoms with Crippen LogP contribution >= 0.6 is 0 Å². The zero-order chi connectivity index (χ0) is 20.0. The van der Waals surface area contributed by atoms with Gasteiger partial charge in [0.05, 0.1) is 5.54 Å². The number of hydrogen-bond donors (Lipinski definition) is 1. The van der Waals surface area contributed by atoms with E-state index in [-0.39, 0.29) is 17.7 Å². The predicted molar refractivity (Wildman–Crippen MR) is 105 cm³/mol. The third-order valence-electron chi connectivity index (χ3n) is 6.62. The Labute approximate surface area is 168 Å². The van der Waals surface area contributed by atoms with Crippen molar-refractivity contribution >= 4 is 6.09 Å². The third kappa shape index (κ3) is 3.62. The van der Waals surface area contributed by atoms with Crippen molar-refractivity contribution in [1.82, 2.24) is 10.2 Å². The Morgan fingerprint density at radius 2 is 1.79 bits per heavy atom. The minimum atomic E-state index is -0.548. The van der Waals surface area contributed by atoms with Crippen molar-refractivity contribution in [2.45, 2.75) is 37.3 Å². The molecule has 3 saturated heterocycles. The van der Waals surface area contributed by atoms with Crippen molar-refractivity contribution in [1.29, 1.82) is 0 Å². The second-order valence-electron chi connectivity index (χ2n) is 8.49. The van der Waals surface area contributed by atoms with Crippen LogP contribution in [0.4, 0.5) is 13.6 Å². The summed E-state index contributed by atoms with van der Waals surface area (Å²) in [5.74, 6) is -0.283. The summed E-state index contributed by atoms with van der Waals surface area (Å²) in [7, 11) is 0. The van der Waals surface area contributed by atoms with E-state index < -0.39 is 11.6 Å². The van der Waals surface area contributed by atoms with Gasteiger partial charge in [0.1, 0.15) is 17.7 Å². The normalized spacial score (nSPS) is 26.8. The number of halogens is 2. The van der Waals surface area contributed by atoms with Crippen LogP contribution in [0.3, 0.4) is 0 Å². The fourth-order valence-electron chi connectivity index (χ4n) is 4.69. The SMILES string of the molecule is O=C(NC1(c2ccc(-c3ccc(F)cc3)c(F)c2)CC1)O[C@H]1CN2CCC1CC2. The molecule has 1 aliphatic carbocycles. The molecule has 4 fully saturated rings. The minimum absolute atomic E-state index is 0.0501. The maximum atomic E-state index is 14.8. The van der Waals surface area contributed by atoms with Gasteiger partial charge in [0.2, 0.25) is 0 Å². The molecule has 1 N–H and O–H groups in total. The minimum Gasteiger partial charge on any atom is -0.445 e. The van der Waals surface area contributed by atoms with E-state index in [1.165, 1.54) is 18.2 Å². The lowest BCUT2D eigenvalue weighted by atomic mass is 9.86. The zero-order valence-electron chi connectivity index (χ0n) is 16.2. The second kappa shape index (κ2) is 7.10. The lowest BCUT2D eigenvalue weighted by Crippen LogP contribution is -2.53. The number of nitrogens with one attached hydrogen (secondary N) is 1. The largest absolute Gasteiger partial charge is 0.445 e. The Morgan fingerprint density at radius 1 is 1.07 bits per heavy atom. The highest BCUT2D eigenvalue weighted by Gasteiger charge is 2.47. The van der Waals surface area contributed by atoms with Gasteiger partial charge in [-0.25, -0.2) is 13.6 Å². The summed E-state index contributed by atoms with van der Waals surface area (Å²) in [6, 6.07) is 10.8. The number of alkyl carbamates (subject to hydrolysis) is 1. The predicted octanol–water partition coefficient (Wildman–Crippen LogP) is 4.44. The van der Waals surface area contributed by atoms with Gasteiger partial charge in [0.15, 0.2) is 0 Å². The number of fused-ring (bicyclic) bond motifs is 3. The topological polar surface area (TPSA) is 41.6 Å². The van der Waals surface area contributed by atoms with Crippen LogP contribution in [0.2, 0.25) is 0 Å². The Kier molecular flexibility index (Phi) is 4.54. The lowest BCUT2D eigenvalue weighted by molar-refractivity contribution is -0.0342. The van der Waals surface area contributed by atoms with Crippen LogP contribution in [0.25, 0.3) is 11.1 Å². The number of carbonyl (C=O) groups excluding carboxylic acids is 1. The molecule has 4 aliphatic rings. The molecular weight excluding hydrogens is 374 g/mol. The molecule has 0 spiro atoms. The van der Waals surface area contributed by atoms with Gasteiger partial charge >= 0.3 is 6.09 Å². The van der Waals surface area contributed by atoms with Gasteiger partial charge in [0, 0.05) is 12.1 Å². The van der Waals surface area contributed by atoms with E-state index >= 15 is 0 Å². The van der Waals surface area contributed by atoms with Crippen LogP contribution in [0.5, 0.6) is 0 Å². The molecule has 2 aromatic rings. The average Bonchev–Trinajstić information content (AvgIpc) is 3.50. The first-order valence-corrected chi connectivity index (χ1v) is 10.3. The van der Waals surface area contributed by atoms with Crippen molar-refractivity contribution in [3.05, 3.63) is 59.7 Å². The summed E-state index contributed by atoms with van der Waals surface area (Å²) in [6.45, 7) is 3.00. The number of benzene rings is 2. The van der Waals surface area contributed by atoms with E-state index in [1.54, 1.807) is 18.2 Å². The maximum Gasteiger partial charge on any atom is 0.408 e. The van der Waals surface area contributed by atoms with Crippen LogP contribution in [-0.2, 0) is 10.3 Å². The van der Waals surface area contributed by atoms with Crippen molar-refractivity contribution in [2.75, 3.05) is 19.6 Å². The molecule has 1 saturated carbocycles. The average molecular weight is 398 g/mol. The first-order chi connectivity index (χ1) is 14.0. The van der Waals surface area contributed by atoms with Crippen molar-refractivity contribution < 1.29 is 18.3 Å². The molecule has 0 radical (unpaired) electrons. The molecule has 2 bridgehead atoms. The lowest BCUT2D eigenvalue weighted by Gasteiger charge is -2.44. The molecule has 6 rings (SSSR count). The van der Waals surface area contributed by atoms with Crippen LogP contribution in [0, 0.1) is 17.6 Å². The van der Waals surface area contributed by atoms with E-state index in [4.69, 9.17) is 4.74 Å². The van der Waals surface area contributed by atoms with E-state index in [0.29, 0.717) is 17.0 Å². The zero-order valence-corrected chi connectivity index (χ0v) is 16.2. The molecule has 1 atom stereocenters. The first-order valence-electron chi connectivity index (χ1n) is 10.3. The van der Waals surface area contributed by atoms with Crippen LogP contribution in [-0.4, -0.2) is 36.7 Å². The summed E-state index contributed by atoms with van der Waals surface area (Å²) in [4.78, 5) is 14.9. The Hall–Kier alpha value is -2.47. The fraction of sp³-hybridized carbons (Fsp3) is 0.435. The fourth-order valence-corrected chi connectivity index (χ4v) is 4.69. The molecule has 2 aromatic carbocycles. The Morgan fingerprint density at radius 3 is 2.38 bits per heavy atom. The monoisotopic (exact) mass is 398 g/mol. The molecule has 4 nitrogen and oxygen atoms in total. The van der Waals surface area contributed by atoms with Crippen LogP contribution in [0.15, 0.2) is 42.5 Å². The molecular formula is C23H24F2N2O2. The molecule has 3 heterocycles. The standard InChI is InChI=1S/C23H24F2N2O2/c24-18-4-1-15(2-5-18)19-6-3-17(13-20(19)25)23(9-10-23)26-22(28)29-21-14-27-11-7-16(21)8-12-27/h1-6,13,16,21H,7-12,14H2,(H,26,28)/t21-/m0/s1. The van der Waals surface area contributed by atoms with Gasteiger partial charge in [-0.05, 0) is 74.0 Å². The second-order valence-corrected chi connectivity index (χ2v) is 8.49. The highest BCUT2D eigenvalue weighted by molar-refractivity contribution is 5.70. The number of rotatable bonds is 4. The van der Waals surface area contributed by atoms with Gasteiger partial charge in [-0.1, -0.05) is 24.3 Å². The molecule has 0 unspecified atom stereocenters. The number of piperidine rings is 3. The smallest absolute Gasteiger partial charge is 0.408 e. The molecule has 3 aliphatic heterocycles. The van der Waals surface area contributed by atoms with Gasteiger partial charge in [-0.2, -0.15) is 0 Å². The van der Waals surface area contributed by atoms with Crippen molar-refractivity contribution in [3.63, 3.8) is 0 Å². The summed E-state index contributed by atoms with van der Waals surface area (Å²) in [5, 5.41) is 2.99. The summed E-state index contributed by atoms with van der Waals surface area (Å²) < 4.78 is 33.6. The van der Waals surface area contributed by atoms with E-state index in [2.05, 4.69) is 10.2 Å². The van der Waals surface area contributed by atoms with E-state index in [9.17, 15) is 13.6 Å². The van der Waals surface area contributed by atoms with Gasteiger partial charge in [-0.3, -0.25) is 4.90 Å². The third-order valence-corrected chi connectivity index (χ3v) is 6.62. The number of nitrogens with zero attached hydrogens (tertiary/aromatic N) is 1. The summed E-state index contributed by atoms with van der Waals surface area (Å²) in [6.07, 6.45) is 3.23. The number of amides is 1. The molecule has 0 aromatic heterocycles. The van der Waals surface area contributed by atoms with Crippen molar-refractivity contribution in [3.8, 4) is 11.1 Å². The van der Waals surface area contributed by atoms with E-state index in [0.717, 1.165) is 50.9 Å². The molecule has 29 heavy (non-hydrogen) atoms. The molecule has 152 valence electrons. The molecule has 1 amide bonds. The summed E-state index contributed by atoms with van der Waals surface area (Å²) >= 11 is 0. The number of carbonyl (C=O) groups is 1. The summed E-state index contributed by atoms with van der Waals surface area (Å²) in [5.41, 5.74) is 1.23. The maximum absolute atomic E-state index is 14.8. The number of ether oxygens (including phenoxy) is 1. The van der Waals surface area contributed by atoms with Crippen LogP contribution in [0.1, 0.15) is 31.2 Å². The quantitative estimate of drug-likeness (QED) is 0.828. The van der Waals surface area contributed by atoms with Crippen LogP contribution < -0.4 is 5.32 Å². The van der Waals surface area contributed by atoms with E-state index in [1.807, 2.05) is 6.07 Å².